The van der Waals surface area contributed by atoms with Gasteiger partial charge in [0.15, 0.2) is 0 Å². The van der Waals surface area contributed by atoms with Crippen molar-refractivity contribution in [1.82, 2.24) is 0 Å². The largest absolute Gasteiger partial charge is 2.00 e. The Balaban J connectivity index is -0.000000392. The molecule has 0 fully saturated rings. The van der Waals surface area contributed by atoms with Crippen molar-refractivity contribution < 1.29 is 19.5 Å². The third-order valence-electron chi connectivity index (χ3n) is 2.60. The van der Waals surface area contributed by atoms with Crippen LogP contribution in [0.1, 0.15) is 19.8 Å². The smallest absolute Gasteiger partial charge is 0.343 e. The molecular weight excluding hydrogens is 318 g/mol. The molecule has 0 unspecified atom stereocenters. The Hall–Kier alpha value is 1.27. The SMILES string of the molecule is C[Si](C)(C)[C-]([Si](C)(C)C)[Si](C)(C)C.[CH2-]CCC.[Zn+2]. The van der Waals surface area contributed by atoms with Crippen LogP contribution in [-0.4, -0.2) is 24.2 Å². The van der Waals surface area contributed by atoms with Crippen molar-refractivity contribution >= 4 is 24.2 Å². The van der Waals surface area contributed by atoms with Gasteiger partial charge in [0.1, 0.15) is 0 Å². The standard InChI is InChI=1S/C10H27Si3.C4H9.Zn/c1-11(2,3)10(12(4,5)6)13(7,8)9;1-3-4-2;/h1-9H3;1,3-4H2,2H3;/q2*-1;+2. The second-order valence-corrected chi connectivity index (χ2v) is 24.5. The molecule has 0 radical (unpaired) electrons. The molecule has 0 aromatic carbocycles. The van der Waals surface area contributed by atoms with E-state index in [1.165, 1.54) is 6.42 Å². The third kappa shape index (κ3) is 11.1. The summed E-state index contributed by atoms with van der Waals surface area (Å²) in [5.74, 6) is 0. The Kier molecular flexibility index (Phi) is 12.5. The van der Waals surface area contributed by atoms with Crippen molar-refractivity contribution in [3.05, 3.63) is 11.7 Å². The average Bonchev–Trinajstić information content (AvgIpc) is 1.95. The fourth-order valence-corrected chi connectivity index (χ4v) is 30.4. The molecule has 106 valence electrons. The topological polar surface area (TPSA) is 0 Å². The monoisotopic (exact) mass is 352 g/mol. The number of hydrogen-bond acceptors (Lipinski definition) is 0. The van der Waals surface area contributed by atoms with E-state index in [-0.39, 0.29) is 19.5 Å². The molecule has 0 atom stereocenters. The summed E-state index contributed by atoms with van der Waals surface area (Å²) in [5.41, 5.74) is 0. The van der Waals surface area contributed by atoms with Crippen LogP contribution in [0.5, 0.6) is 0 Å². The van der Waals surface area contributed by atoms with E-state index in [9.17, 15) is 0 Å². The molecular formula is C14H36Si3Zn. The summed E-state index contributed by atoms with van der Waals surface area (Å²) in [7, 11) is -3.05. The first-order chi connectivity index (χ1) is 7.28. The summed E-state index contributed by atoms with van der Waals surface area (Å²) < 4.78 is 0. The normalized spacial score (nSPS) is 12.7. The molecule has 0 saturated carbocycles. The summed E-state index contributed by atoms with van der Waals surface area (Å²) in [6, 6.07) is 0. The van der Waals surface area contributed by atoms with Gasteiger partial charge in [-0.2, -0.15) is 6.42 Å². The van der Waals surface area contributed by atoms with Crippen LogP contribution in [0.25, 0.3) is 0 Å². The van der Waals surface area contributed by atoms with E-state index in [0.29, 0.717) is 0 Å². The van der Waals surface area contributed by atoms with Crippen LogP contribution in [0.2, 0.25) is 58.9 Å². The van der Waals surface area contributed by atoms with Gasteiger partial charge in [-0.25, -0.2) is 0 Å². The van der Waals surface area contributed by atoms with E-state index in [2.05, 4.69) is 77.6 Å². The average molecular weight is 354 g/mol. The van der Waals surface area contributed by atoms with Gasteiger partial charge in [0.05, 0.1) is 0 Å². The molecule has 0 N–H and O–H groups in total. The first kappa shape index (κ1) is 24.3. The van der Waals surface area contributed by atoms with Gasteiger partial charge in [0, 0.05) is 0 Å². The molecule has 0 bridgehead atoms. The number of hydrogen-bond donors (Lipinski definition) is 0. The van der Waals surface area contributed by atoms with Crippen LogP contribution in [0, 0.1) is 11.7 Å². The minimum atomic E-state index is -1.02. The Labute approximate surface area is 134 Å². The summed E-state index contributed by atoms with van der Waals surface area (Å²) in [4.78, 5) is 2.06. The first-order valence-electron chi connectivity index (χ1n) is 6.96. The van der Waals surface area contributed by atoms with Gasteiger partial charge in [0.2, 0.25) is 0 Å². The second kappa shape index (κ2) is 9.25. The molecule has 0 spiro atoms. The maximum atomic E-state index is 3.60. The maximum Gasteiger partial charge on any atom is 2.00 e. The summed E-state index contributed by atoms with van der Waals surface area (Å²) in [5, 5.41) is 0. The molecule has 0 aliphatic rings. The van der Waals surface area contributed by atoms with Gasteiger partial charge >= 0.3 is 19.5 Å². The molecule has 4 heteroatoms. The van der Waals surface area contributed by atoms with Crippen LogP contribution in [0.3, 0.4) is 0 Å². The Morgan fingerprint density at radius 1 is 0.722 bits per heavy atom. The minimum Gasteiger partial charge on any atom is -0.343 e. The van der Waals surface area contributed by atoms with Gasteiger partial charge in [-0.3, -0.25) is 0 Å². The molecule has 0 amide bonds. The van der Waals surface area contributed by atoms with E-state index in [1.807, 2.05) is 0 Å². The Morgan fingerprint density at radius 3 is 0.889 bits per heavy atom. The zero-order chi connectivity index (χ0) is 14.5. The molecule has 0 rings (SSSR count). The molecule has 0 aromatic heterocycles. The molecule has 18 heavy (non-hydrogen) atoms. The Morgan fingerprint density at radius 2 is 0.889 bits per heavy atom. The fourth-order valence-electron chi connectivity index (χ4n) is 3.38. The van der Waals surface area contributed by atoms with Gasteiger partial charge in [-0.1, -0.05) is 72.3 Å². The summed E-state index contributed by atoms with van der Waals surface area (Å²) in [6.45, 7) is 28.5. The quantitative estimate of drug-likeness (QED) is 0.441. The maximum absolute atomic E-state index is 3.60. The molecule has 0 heterocycles. The van der Waals surface area contributed by atoms with E-state index >= 15 is 0 Å². The van der Waals surface area contributed by atoms with Crippen LogP contribution < -0.4 is 0 Å². The van der Waals surface area contributed by atoms with Crippen LogP contribution in [0.4, 0.5) is 0 Å². The molecule has 0 aliphatic carbocycles. The van der Waals surface area contributed by atoms with Crippen molar-refractivity contribution in [2.45, 2.75) is 78.7 Å². The molecule has 0 aliphatic heterocycles. The summed E-state index contributed by atoms with van der Waals surface area (Å²) >= 11 is 0. The van der Waals surface area contributed by atoms with E-state index in [1.54, 1.807) is 0 Å². The van der Waals surface area contributed by atoms with Crippen molar-refractivity contribution in [2.75, 3.05) is 0 Å². The predicted octanol–water partition coefficient (Wildman–Crippen LogP) is 5.81. The van der Waals surface area contributed by atoms with Gasteiger partial charge < -0.3 is 11.7 Å². The second-order valence-electron chi connectivity index (χ2n) is 7.98. The van der Waals surface area contributed by atoms with Gasteiger partial charge in [0.25, 0.3) is 0 Å². The van der Waals surface area contributed by atoms with Crippen LogP contribution in [-0.2, 0) is 19.5 Å². The zero-order valence-electron chi connectivity index (χ0n) is 14.8. The van der Waals surface area contributed by atoms with Gasteiger partial charge in [-0.15, -0.1) is 24.2 Å². The molecule has 0 aromatic rings. The molecule has 0 saturated heterocycles. The van der Waals surface area contributed by atoms with Gasteiger partial charge in [-0.05, 0) is 0 Å². The first-order valence-corrected chi connectivity index (χ1v) is 17.5. The van der Waals surface area contributed by atoms with E-state index < -0.39 is 24.2 Å². The van der Waals surface area contributed by atoms with Crippen molar-refractivity contribution in [3.63, 3.8) is 0 Å². The van der Waals surface area contributed by atoms with Crippen molar-refractivity contribution in [1.29, 1.82) is 0 Å². The number of rotatable bonds is 4. The van der Waals surface area contributed by atoms with Crippen molar-refractivity contribution in [3.8, 4) is 0 Å². The van der Waals surface area contributed by atoms with E-state index in [0.717, 1.165) is 6.42 Å². The van der Waals surface area contributed by atoms with Crippen LogP contribution >= 0.6 is 0 Å². The van der Waals surface area contributed by atoms with E-state index in [4.69, 9.17) is 0 Å². The Bertz CT molecular complexity index is 161. The van der Waals surface area contributed by atoms with Crippen LogP contribution in [0.15, 0.2) is 0 Å². The fraction of sp³-hybridized carbons (Fsp3) is 0.857. The summed E-state index contributed by atoms with van der Waals surface area (Å²) in [6.07, 6.45) is 2.28. The van der Waals surface area contributed by atoms with Crippen molar-refractivity contribution in [2.24, 2.45) is 0 Å². The predicted molar refractivity (Wildman–Crippen MR) is 93.5 cm³/mol. The minimum absolute atomic E-state index is 0. The number of unbranched alkanes of at least 4 members (excludes halogenated alkanes) is 1. The zero-order valence-corrected chi connectivity index (χ0v) is 20.8. The molecule has 0 nitrogen and oxygen atoms in total. The third-order valence-corrected chi connectivity index (χ3v) is 20.6.